The quantitative estimate of drug-likeness (QED) is 0.569. The number of rotatable bonds is 1. The molecule has 0 unspecified atom stereocenters. The van der Waals surface area contributed by atoms with Crippen LogP contribution in [-0.4, -0.2) is 14.8 Å². The van der Waals surface area contributed by atoms with E-state index >= 15 is 0 Å². The molecule has 0 fully saturated rings. The Morgan fingerprint density at radius 3 is 3.20 bits per heavy atom. The number of aryl methyl sites for hydroxylation is 1. The fourth-order valence-corrected chi connectivity index (χ4v) is 1.51. The van der Waals surface area contributed by atoms with E-state index in [0.717, 1.165) is 24.6 Å². The van der Waals surface area contributed by atoms with Crippen LogP contribution < -0.4 is 0 Å². The SMILES string of the molecule is ClCc1nnc2n1CCC2. The van der Waals surface area contributed by atoms with Crippen molar-refractivity contribution < 1.29 is 0 Å². The molecule has 2 heterocycles. The first-order chi connectivity index (χ1) is 4.92. The number of aromatic nitrogens is 3. The van der Waals surface area contributed by atoms with Crippen molar-refractivity contribution >= 4 is 11.6 Å². The predicted molar refractivity (Wildman–Crippen MR) is 37.9 cm³/mol. The number of fused-ring (bicyclic) bond motifs is 1. The van der Waals surface area contributed by atoms with Crippen molar-refractivity contribution in [3.8, 4) is 0 Å². The van der Waals surface area contributed by atoms with Crippen molar-refractivity contribution in [2.75, 3.05) is 0 Å². The molecule has 0 spiro atoms. The maximum atomic E-state index is 5.63. The molecule has 54 valence electrons. The van der Waals surface area contributed by atoms with E-state index in [4.69, 9.17) is 11.6 Å². The summed E-state index contributed by atoms with van der Waals surface area (Å²) in [5, 5.41) is 7.93. The molecule has 0 saturated heterocycles. The third kappa shape index (κ3) is 0.736. The van der Waals surface area contributed by atoms with E-state index in [0.29, 0.717) is 5.88 Å². The van der Waals surface area contributed by atoms with Gasteiger partial charge in [0.1, 0.15) is 11.6 Å². The van der Waals surface area contributed by atoms with Gasteiger partial charge < -0.3 is 4.57 Å². The molecule has 1 aromatic heterocycles. The van der Waals surface area contributed by atoms with Gasteiger partial charge >= 0.3 is 0 Å². The highest BCUT2D eigenvalue weighted by Gasteiger charge is 2.15. The van der Waals surface area contributed by atoms with Crippen LogP contribution in [0.4, 0.5) is 0 Å². The lowest BCUT2D eigenvalue weighted by molar-refractivity contribution is 0.710. The Balaban J connectivity index is 2.44. The minimum atomic E-state index is 0.479. The standard InChI is InChI=1S/C6H8ClN3/c7-4-6-9-8-5-2-1-3-10(5)6/h1-4H2. The fraction of sp³-hybridized carbons (Fsp3) is 0.667. The minimum absolute atomic E-state index is 0.479. The van der Waals surface area contributed by atoms with Crippen LogP contribution in [0.5, 0.6) is 0 Å². The zero-order valence-corrected chi connectivity index (χ0v) is 6.30. The molecule has 1 aromatic rings. The molecule has 1 aliphatic rings. The second-order valence-corrected chi connectivity index (χ2v) is 2.69. The van der Waals surface area contributed by atoms with E-state index in [-0.39, 0.29) is 0 Å². The van der Waals surface area contributed by atoms with Gasteiger partial charge in [-0.15, -0.1) is 21.8 Å². The summed E-state index contributed by atoms with van der Waals surface area (Å²) >= 11 is 5.63. The van der Waals surface area contributed by atoms with E-state index in [1.165, 1.54) is 6.42 Å². The maximum Gasteiger partial charge on any atom is 0.147 e. The summed E-state index contributed by atoms with van der Waals surface area (Å²) in [6, 6.07) is 0. The van der Waals surface area contributed by atoms with Crippen molar-refractivity contribution in [1.29, 1.82) is 0 Å². The van der Waals surface area contributed by atoms with Gasteiger partial charge in [0.25, 0.3) is 0 Å². The molecule has 0 bridgehead atoms. The summed E-state index contributed by atoms with van der Waals surface area (Å²) in [5.41, 5.74) is 0. The average molecular weight is 158 g/mol. The molecule has 3 nitrogen and oxygen atoms in total. The monoisotopic (exact) mass is 157 g/mol. The minimum Gasteiger partial charge on any atom is -0.314 e. The van der Waals surface area contributed by atoms with Crippen LogP contribution in [0.25, 0.3) is 0 Å². The van der Waals surface area contributed by atoms with Gasteiger partial charge in [-0.3, -0.25) is 0 Å². The summed E-state index contributed by atoms with van der Waals surface area (Å²) in [6.45, 7) is 1.05. The number of alkyl halides is 1. The number of halogens is 1. The second-order valence-electron chi connectivity index (χ2n) is 2.42. The van der Waals surface area contributed by atoms with E-state index < -0.39 is 0 Å². The summed E-state index contributed by atoms with van der Waals surface area (Å²) in [5.74, 6) is 2.48. The molecule has 0 aliphatic carbocycles. The molecule has 0 N–H and O–H groups in total. The first kappa shape index (κ1) is 6.16. The van der Waals surface area contributed by atoms with Gasteiger partial charge in [-0.05, 0) is 6.42 Å². The summed E-state index contributed by atoms with van der Waals surface area (Å²) in [6.07, 6.45) is 2.25. The van der Waals surface area contributed by atoms with Gasteiger partial charge in [0.2, 0.25) is 0 Å². The molecule has 0 radical (unpaired) electrons. The van der Waals surface area contributed by atoms with Crippen LogP contribution in [0, 0.1) is 0 Å². The molecule has 1 aliphatic heterocycles. The van der Waals surface area contributed by atoms with E-state index in [1.807, 2.05) is 0 Å². The third-order valence-electron chi connectivity index (χ3n) is 1.81. The lowest BCUT2D eigenvalue weighted by Gasteiger charge is -1.95. The molecular formula is C6H8ClN3. The Kier molecular flexibility index (Phi) is 1.38. The maximum absolute atomic E-state index is 5.63. The van der Waals surface area contributed by atoms with Crippen LogP contribution in [0.3, 0.4) is 0 Å². The molecule has 0 aromatic carbocycles. The first-order valence-corrected chi connectivity index (χ1v) is 3.92. The van der Waals surface area contributed by atoms with Gasteiger partial charge in [-0.2, -0.15) is 0 Å². The molecule has 0 atom stereocenters. The topological polar surface area (TPSA) is 30.7 Å². The van der Waals surface area contributed by atoms with Crippen molar-refractivity contribution in [1.82, 2.24) is 14.8 Å². The number of hydrogen-bond donors (Lipinski definition) is 0. The van der Waals surface area contributed by atoms with Crippen LogP contribution in [0.15, 0.2) is 0 Å². The van der Waals surface area contributed by atoms with E-state index in [9.17, 15) is 0 Å². The molecule has 10 heavy (non-hydrogen) atoms. The lowest BCUT2D eigenvalue weighted by atomic mass is 10.4. The largest absolute Gasteiger partial charge is 0.314 e. The highest BCUT2D eigenvalue weighted by molar-refractivity contribution is 6.16. The lowest BCUT2D eigenvalue weighted by Crippen LogP contribution is -1.97. The molecule has 0 saturated carbocycles. The highest BCUT2D eigenvalue weighted by atomic mass is 35.5. The van der Waals surface area contributed by atoms with Crippen molar-refractivity contribution in [3.05, 3.63) is 11.6 Å². The van der Waals surface area contributed by atoms with Gasteiger partial charge in [0.05, 0.1) is 5.88 Å². The third-order valence-corrected chi connectivity index (χ3v) is 2.04. The molecule has 0 amide bonds. The van der Waals surface area contributed by atoms with Crippen LogP contribution in [-0.2, 0) is 18.8 Å². The summed E-state index contributed by atoms with van der Waals surface area (Å²) in [7, 11) is 0. The molecule has 4 heteroatoms. The van der Waals surface area contributed by atoms with Crippen LogP contribution in [0.1, 0.15) is 18.1 Å². The highest BCUT2D eigenvalue weighted by Crippen LogP contribution is 2.14. The van der Waals surface area contributed by atoms with Gasteiger partial charge in [-0.1, -0.05) is 0 Å². The fourth-order valence-electron chi connectivity index (χ4n) is 1.31. The zero-order chi connectivity index (χ0) is 6.97. The summed E-state index contributed by atoms with van der Waals surface area (Å²) in [4.78, 5) is 0. The predicted octanol–water partition coefficient (Wildman–Crippen LogP) is 0.963. The Morgan fingerprint density at radius 2 is 2.40 bits per heavy atom. The average Bonchev–Trinajstić information content (AvgIpc) is 2.44. The van der Waals surface area contributed by atoms with Gasteiger partial charge in [0.15, 0.2) is 0 Å². The zero-order valence-electron chi connectivity index (χ0n) is 5.55. The van der Waals surface area contributed by atoms with E-state index in [2.05, 4.69) is 14.8 Å². The smallest absolute Gasteiger partial charge is 0.147 e. The first-order valence-electron chi connectivity index (χ1n) is 3.39. The molecule has 2 rings (SSSR count). The Hall–Kier alpha value is -0.570. The number of nitrogens with zero attached hydrogens (tertiary/aromatic N) is 3. The van der Waals surface area contributed by atoms with Crippen molar-refractivity contribution in [2.24, 2.45) is 0 Å². The van der Waals surface area contributed by atoms with Crippen molar-refractivity contribution in [2.45, 2.75) is 25.3 Å². The van der Waals surface area contributed by atoms with Crippen molar-refractivity contribution in [3.63, 3.8) is 0 Å². The van der Waals surface area contributed by atoms with Crippen LogP contribution >= 0.6 is 11.6 Å². The second kappa shape index (κ2) is 2.23. The number of hydrogen-bond acceptors (Lipinski definition) is 2. The summed E-state index contributed by atoms with van der Waals surface area (Å²) < 4.78 is 2.10. The molecular weight excluding hydrogens is 150 g/mol. The van der Waals surface area contributed by atoms with E-state index in [1.54, 1.807) is 0 Å². The van der Waals surface area contributed by atoms with Crippen LogP contribution in [0.2, 0.25) is 0 Å². The normalized spacial score (nSPS) is 15.7. The Labute approximate surface area is 64.0 Å². The Bertz CT molecular complexity index is 243. The van der Waals surface area contributed by atoms with Gasteiger partial charge in [-0.25, -0.2) is 0 Å². The van der Waals surface area contributed by atoms with Gasteiger partial charge in [0, 0.05) is 13.0 Å². The Morgan fingerprint density at radius 1 is 1.50 bits per heavy atom.